The molecule has 102 valence electrons. The number of hydrogen-bond donors (Lipinski definition) is 1. The molecular formula is C13H24N4O. The van der Waals surface area contributed by atoms with Crippen molar-refractivity contribution in [3.63, 3.8) is 0 Å². The highest BCUT2D eigenvalue weighted by Crippen LogP contribution is 2.11. The summed E-state index contributed by atoms with van der Waals surface area (Å²) in [6.07, 6.45) is 2.38. The molecule has 0 saturated carbocycles. The summed E-state index contributed by atoms with van der Waals surface area (Å²) in [6.45, 7) is 9.24. The Hall–Kier alpha value is -0.650. The second-order valence-corrected chi connectivity index (χ2v) is 5.71. The van der Waals surface area contributed by atoms with E-state index < -0.39 is 0 Å². The molecular weight excluding hydrogens is 228 g/mol. The van der Waals surface area contributed by atoms with E-state index in [9.17, 15) is 4.79 Å². The molecule has 3 heterocycles. The largest absolute Gasteiger partial charge is 0.342 e. The van der Waals surface area contributed by atoms with Crippen LogP contribution in [0.5, 0.6) is 0 Å². The fourth-order valence-corrected chi connectivity index (χ4v) is 3.08. The van der Waals surface area contributed by atoms with Crippen molar-refractivity contribution in [3.05, 3.63) is 0 Å². The van der Waals surface area contributed by atoms with Gasteiger partial charge < -0.3 is 10.2 Å². The van der Waals surface area contributed by atoms with Crippen LogP contribution in [-0.2, 0) is 4.79 Å². The lowest BCUT2D eigenvalue weighted by atomic mass is 10.1. The van der Waals surface area contributed by atoms with Crippen LogP contribution in [-0.4, -0.2) is 85.6 Å². The molecule has 0 spiro atoms. The third-order valence-corrected chi connectivity index (χ3v) is 4.50. The summed E-state index contributed by atoms with van der Waals surface area (Å²) in [5, 5.41) is 3.32. The molecule has 3 saturated heterocycles. The average molecular weight is 252 g/mol. The Morgan fingerprint density at radius 3 is 2.22 bits per heavy atom. The number of rotatable bonds is 3. The van der Waals surface area contributed by atoms with Crippen LogP contribution in [0.1, 0.15) is 12.8 Å². The molecule has 1 N–H and O–H groups in total. The van der Waals surface area contributed by atoms with Crippen LogP contribution in [0.4, 0.5) is 0 Å². The Balaban J connectivity index is 1.40. The zero-order valence-electron chi connectivity index (χ0n) is 11.1. The summed E-state index contributed by atoms with van der Waals surface area (Å²) >= 11 is 0. The standard InChI is InChI=1S/C13H24N4O/c18-13(17-3-1-2-4-17)11-15-5-7-16(8-6-15)12-9-14-10-12/h12,14H,1-11H2. The lowest BCUT2D eigenvalue weighted by Gasteiger charge is -2.43. The van der Waals surface area contributed by atoms with Crippen LogP contribution in [0.2, 0.25) is 0 Å². The van der Waals surface area contributed by atoms with Gasteiger partial charge in [0.05, 0.1) is 6.54 Å². The molecule has 3 fully saturated rings. The summed E-state index contributed by atoms with van der Waals surface area (Å²) < 4.78 is 0. The first-order chi connectivity index (χ1) is 8.83. The molecule has 0 aliphatic carbocycles. The smallest absolute Gasteiger partial charge is 0.236 e. The summed E-state index contributed by atoms with van der Waals surface area (Å²) in [7, 11) is 0. The highest BCUT2D eigenvalue weighted by Gasteiger charge is 2.29. The lowest BCUT2D eigenvalue weighted by molar-refractivity contribution is -0.131. The maximum Gasteiger partial charge on any atom is 0.236 e. The van der Waals surface area contributed by atoms with Crippen molar-refractivity contribution in [1.29, 1.82) is 0 Å². The monoisotopic (exact) mass is 252 g/mol. The van der Waals surface area contributed by atoms with Crippen molar-refractivity contribution in [2.24, 2.45) is 0 Å². The number of carbonyl (C=O) groups is 1. The van der Waals surface area contributed by atoms with Crippen LogP contribution in [0.3, 0.4) is 0 Å². The van der Waals surface area contributed by atoms with Crippen molar-refractivity contribution in [1.82, 2.24) is 20.0 Å². The SMILES string of the molecule is O=C(CN1CCN(C2CNC2)CC1)N1CCCC1. The second kappa shape index (κ2) is 5.55. The number of nitrogens with zero attached hydrogens (tertiary/aromatic N) is 3. The van der Waals surface area contributed by atoms with Gasteiger partial charge in [-0.1, -0.05) is 0 Å². The Labute approximate surface area is 109 Å². The van der Waals surface area contributed by atoms with Gasteiger partial charge in [-0.2, -0.15) is 0 Å². The summed E-state index contributed by atoms with van der Waals surface area (Å²) in [4.78, 5) is 19.0. The predicted molar refractivity (Wildman–Crippen MR) is 70.5 cm³/mol. The van der Waals surface area contributed by atoms with E-state index in [1.54, 1.807) is 0 Å². The minimum absolute atomic E-state index is 0.339. The van der Waals surface area contributed by atoms with Crippen LogP contribution < -0.4 is 5.32 Å². The molecule has 0 radical (unpaired) electrons. The van der Waals surface area contributed by atoms with Gasteiger partial charge in [0.1, 0.15) is 0 Å². The number of nitrogens with one attached hydrogen (secondary N) is 1. The van der Waals surface area contributed by atoms with E-state index in [1.165, 1.54) is 12.8 Å². The molecule has 3 aliphatic rings. The fourth-order valence-electron chi connectivity index (χ4n) is 3.08. The van der Waals surface area contributed by atoms with Crippen LogP contribution in [0.25, 0.3) is 0 Å². The Kier molecular flexibility index (Phi) is 3.82. The topological polar surface area (TPSA) is 38.8 Å². The highest BCUT2D eigenvalue weighted by atomic mass is 16.2. The molecule has 0 aromatic carbocycles. The third kappa shape index (κ3) is 2.68. The maximum absolute atomic E-state index is 12.1. The van der Waals surface area contributed by atoms with Crippen molar-refractivity contribution in [3.8, 4) is 0 Å². The van der Waals surface area contributed by atoms with Gasteiger partial charge >= 0.3 is 0 Å². The van der Waals surface area contributed by atoms with Gasteiger partial charge in [0, 0.05) is 58.4 Å². The lowest BCUT2D eigenvalue weighted by Crippen LogP contribution is -2.62. The minimum Gasteiger partial charge on any atom is -0.342 e. The zero-order chi connectivity index (χ0) is 12.4. The minimum atomic E-state index is 0.339. The van der Waals surface area contributed by atoms with E-state index >= 15 is 0 Å². The average Bonchev–Trinajstić information content (AvgIpc) is 2.83. The number of amides is 1. The van der Waals surface area contributed by atoms with Gasteiger partial charge in [-0.3, -0.25) is 14.6 Å². The third-order valence-electron chi connectivity index (χ3n) is 4.50. The quantitative estimate of drug-likeness (QED) is 0.714. The van der Waals surface area contributed by atoms with E-state index in [4.69, 9.17) is 0 Å². The zero-order valence-corrected chi connectivity index (χ0v) is 11.1. The Bertz CT molecular complexity index is 291. The Morgan fingerprint density at radius 2 is 1.67 bits per heavy atom. The molecule has 18 heavy (non-hydrogen) atoms. The molecule has 0 bridgehead atoms. The molecule has 0 aromatic rings. The van der Waals surface area contributed by atoms with E-state index in [2.05, 4.69) is 15.1 Å². The van der Waals surface area contributed by atoms with E-state index in [0.29, 0.717) is 12.5 Å². The van der Waals surface area contributed by atoms with E-state index in [0.717, 1.165) is 58.4 Å². The molecule has 0 unspecified atom stereocenters. The summed E-state index contributed by atoms with van der Waals surface area (Å²) in [5.74, 6) is 0.339. The summed E-state index contributed by atoms with van der Waals surface area (Å²) in [6, 6.07) is 0.751. The molecule has 5 nitrogen and oxygen atoms in total. The predicted octanol–water partition coefficient (Wildman–Crippen LogP) is -0.802. The number of piperazine rings is 1. The van der Waals surface area contributed by atoms with E-state index in [-0.39, 0.29) is 0 Å². The first kappa shape index (κ1) is 12.4. The molecule has 1 amide bonds. The first-order valence-corrected chi connectivity index (χ1v) is 7.28. The number of hydrogen-bond acceptors (Lipinski definition) is 4. The maximum atomic E-state index is 12.1. The van der Waals surface area contributed by atoms with Gasteiger partial charge in [0.2, 0.25) is 5.91 Å². The van der Waals surface area contributed by atoms with Crippen LogP contribution in [0.15, 0.2) is 0 Å². The van der Waals surface area contributed by atoms with Crippen molar-refractivity contribution >= 4 is 5.91 Å². The normalized spacial score (nSPS) is 27.4. The second-order valence-electron chi connectivity index (χ2n) is 5.71. The van der Waals surface area contributed by atoms with Gasteiger partial charge in [0.15, 0.2) is 0 Å². The van der Waals surface area contributed by atoms with Crippen LogP contribution in [0, 0.1) is 0 Å². The van der Waals surface area contributed by atoms with Gasteiger partial charge in [-0.25, -0.2) is 0 Å². The molecule has 0 atom stereocenters. The molecule has 3 rings (SSSR count). The van der Waals surface area contributed by atoms with Crippen LogP contribution >= 0.6 is 0 Å². The van der Waals surface area contributed by atoms with Crippen molar-refractivity contribution < 1.29 is 4.79 Å². The van der Waals surface area contributed by atoms with E-state index in [1.807, 2.05) is 4.90 Å². The molecule has 0 aromatic heterocycles. The highest BCUT2D eigenvalue weighted by molar-refractivity contribution is 5.78. The van der Waals surface area contributed by atoms with Gasteiger partial charge in [0.25, 0.3) is 0 Å². The fraction of sp³-hybridized carbons (Fsp3) is 0.923. The number of carbonyl (C=O) groups excluding carboxylic acids is 1. The molecule has 5 heteroatoms. The van der Waals surface area contributed by atoms with Gasteiger partial charge in [-0.05, 0) is 12.8 Å². The van der Waals surface area contributed by atoms with Crippen molar-refractivity contribution in [2.45, 2.75) is 18.9 Å². The summed E-state index contributed by atoms with van der Waals surface area (Å²) in [5.41, 5.74) is 0. The van der Waals surface area contributed by atoms with Gasteiger partial charge in [-0.15, -0.1) is 0 Å². The number of likely N-dealkylation sites (tertiary alicyclic amines) is 1. The van der Waals surface area contributed by atoms with Crippen molar-refractivity contribution in [2.75, 3.05) is 58.9 Å². The Morgan fingerprint density at radius 1 is 1.00 bits per heavy atom. The molecule has 3 aliphatic heterocycles. The first-order valence-electron chi connectivity index (χ1n) is 7.28.